The minimum absolute atomic E-state index is 0.0528. The van der Waals surface area contributed by atoms with Crippen LogP contribution in [0.5, 0.6) is 0 Å². The van der Waals surface area contributed by atoms with E-state index in [4.69, 9.17) is 42.6 Å². The van der Waals surface area contributed by atoms with Gasteiger partial charge in [0.1, 0.15) is 26.0 Å². The Labute approximate surface area is 291 Å². The highest BCUT2D eigenvalue weighted by atomic mass is 31.2. The molecule has 4 N–H and O–H groups in total. The van der Waals surface area contributed by atoms with Gasteiger partial charge in [-0.25, -0.2) is 14.2 Å². The van der Waals surface area contributed by atoms with Gasteiger partial charge in [0.2, 0.25) is 5.91 Å². The molecule has 0 aromatic heterocycles. The molecular weight excluding hydrogens is 669 g/mol. The largest absolute Gasteiger partial charge is 0.471 e. The highest BCUT2D eigenvalue weighted by molar-refractivity contribution is 7.47. The van der Waals surface area contributed by atoms with Gasteiger partial charge < -0.3 is 48.7 Å². The maximum absolute atomic E-state index is 12.2. The number of hydrogen-bond donors (Lipinski definition) is 4. The number of phosphoric ester groups is 1. The molecule has 0 aliphatic rings. The fraction of sp³-hybridized carbons (Fsp3) is 0.903. The van der Waals surface area contributed by atoms with Crippen LogP contribution >= 0.6 is 7.82 Å². The van der Waals surface area contributed by atoms with Crippen LogP contribution in [-0.4, -0.2) is 130 Å². The Bertz CT molecular complexity index is 858. The van der Waals surface area contributed by atoms with Crippen LogP contribution in [0.2, 0.25) is 0 Å². The highest BCUT2D eigenvalue weighted by Crippen LogP contribution is 2.41. The fourth-order valence-corrected chi connectivity index (χ4v) is 4.52. The summed E-state index contributed by atoms with van der Waals surface area (Å²) in [6.45, 7) is 2.77. The van der Waals surface area contributed by atoms with E-state index < -0.39 is 26.1 Å². The number of unbranched alkanes of at least 4 members (excludes halogenated alkanes) is 9. The van der Waals surface area contributed by atoms with Gasteiger partial charge in [-0.1, -0.05) is 51.4 Å². The lowest BCUT2D eigenvalue weighted by atomic mass is 10.1. The summed E-state index contributed by atoms with van der Waals surface area (Å²) in [4.78, 5) is 45.4. The first-order valence-electron chi connectivity index (χ1n) is 17.1. The van der Waals surface area contributed by atoms with Crippen LogP contribution in [0.4, 0.5) is 9.59 Å². The zero-order valence-corrected chi connectivity index (χ0v) is 30.6. The van der Waals surface area contributed by atoms with Crippen molar-refractivity contribution in [3.05, 3.63) is 0 Å². The summed E-state index contributed by atoms with van der Waals surface area (Å²) >= 11 is 0. The Hall–Kier alpha value is -2.08. The quantitative estimate of drug-likeness (QED) is 0.0417. The van der Waals surface area contributed by atoms with E-state index in [0.717, 1.165) is 64.9 Å². The predicted octanol–water partition coefficient (Wildman–Crippen LogP) is 3.67. The summed E-state index contributed by atoms with van der Waals surface area (Å²) in [7, 11) is 0.404. The van der Waals surface area contributed by atoms with Crippen molar-refractivity contribution in [2.75, 3.05) is 101 Å². The Kier molecular flexibility index (Phi) is 32.9. The molecule has 290 valence electrons. The highest BCUT2D eigenvalue weighted by Gasteiger charge is 2.17. The third-order valence-electron chi connectivity index (χ3n) is 6.78. The molecule has 0 aliphatic heterocycles. The van der Waals surface area contributed by atoms with Crippen LogP contribution in [0.1, 0.15) is 77.0 Å². The topological polar surface area (TPSA) is 208 Å². The molecule has 0 saturated carbocycles. The number of rotatable bonds is 35. The van der Waals surface area contributed by atoms with Gasteiger partial charge in [-0.2, -0.15) is 0 Å². The average molecular weight is 732 g/mol. The van der Waals surface area contributed by atoms with E-state index in [1.165, 1.54) is 6.42 Å². The number of alkyl carbamates (subject to hydrolysis) is 2. The average Bonchev–Trinajstić information content (AvgIpc) is 3.08. The van der Waals surface area contributed by atoms with Crippen molar-refractivity contribution in [3.63, 3.8) is 0 Å². The van der Waals surface area contributed by atoms with Crippen LogP contribution in [0.3, 0.4) is 0 Å². The second-order valence-electron chi connectivity index (χ2n) is 10.9. The standard InChI is InChI=1S/C31H62N3O14P/c1-40-21-23-43-20-17-33-30(36)46-25-28(26-47-31(37)34-27-44-24-22-41-2)45-18-14-15-29(35)32-16-12-10-8-6-4-5-7-9-11-13-19-48-49(38,39)42-3/h28H,4-27H2,1-3H3,(H,32,35)(H,33,36)(H,34,37)(H,38,39). The van der Waals surface area contributed by atoms with Crippen molar-refractivity contribution in [1.29, 1.82) is 0 Å². The maximum atomic E-state index is 12.2. The molecule has 0 heterocycles. The van der Waals surface area contributed by atoms with Gasteiger partial charge in [0.15, 0.2) is 0 Å². The lowest BCUT2D eigenvalue weighted by molar-refractivity contribution is -0.121. The molecule has 0 fully saturated rings. The van der Waals surface area contributed by atoms with Crippen molar-refractivity contribution >= 4 is 25.9 Å². The van der Waals surface area contributed by atoms with Gasteiger partial charge in [0, 0.05) is 47.4 Å². The number of amides is 3. The van der Waals surface area contributed by atoms with Gasteiger partial charge >= 0.3 is 20.0 Å². The molecule has 49 heavy (non-hydrogen) atoms. The molecule has 0 bridgehead atoms. The first kappa shape index (κ1) is 46.9. The van der Waals surface area contributed by atoms with Crippen LogP contribution in [0.15, 0.2) is 0 Å². The molecule has 0 rings (SSSR count). The summed E-state index contributed by atoms with van der Waals surface area (Å²) < 4.78 is 56.7. The Morgan fingerprint density at radius 2 is 1.18 bits per heavy atom. The zero-order valence-electron chi connectivity index (χ0n) is 29.7. The minimum atomic E-state index is -3.86. The molecular formula is C31H62N3O14P. The van der Waals surface area contributed by atoms with Crippen LogP contribution in [-0.2, 0) is 51.6 Å². The van der Waals surface area contributed by atoms with E-state index in [1.54, 1.807) is 14.2 Å². The second kappa shape index (κ2) is 34.4. The van der Waals surface area contributed by atoms with Crippen molar-refractivity contribution < 1.29 is 66.0 Å². The van der Waals surface area contributed by atoms with E-state index in [0.29, 0.717) is 46.0 Å². The van der Waals surface area contributed by atoms with Gasteiger partial charge in [0.25, 0.3) is 0 Å². The van der Waals surface area contributed by atoms with Crippen LogP contribution in [0.25, 0.3) is 0 Å². The van der Waals surface area contributed by atoms with Gasteiger partial charge in [-0.05, 0) is 19.3 Å². The van der Waals surface area contributed by atoms with E-state index in [1.807, 2.05) is 0 Å². The third kappa shape index (κ3) is 34.2. The monoisotopic (exact) mass is 731 g/mol. The molecule has 2 atom stereocenters. The Morgan fingerprint density at radius 1 is 0.612 bits per heavy atom. The smallest absolute Gasteiger partial charge is 0.447 e. The lowest BCUT2D eigenvalue weighted by Gasteiger charge is -2.18. The second-order valence-corrected chi connectivity index (χ2v) is 12.5. The fourth-order valence-electron chi connectivity index (χ4n) is 4.05. The molecule has 0 aromatic carbocycles. The molecule has 2 unspecified atom stereocenters. The van der Waals surface area contributed by atoms with E-state index in [2.05, 4.69) is 20.5 Å². The first-order valence-corrected chi connectivity index (χ1v) is 18.6. The summed E-state index contributed by atoms with van der Waals surface area (Å²) in [5.41, 5.74) is 0. The Balaban J connectivity index is 4.06. The number of hydrogen-bond acceptors (Lipinski definition) is 13. The van der Waals surface area contributed by atoms with Crippen molar-refractivity contribution in [1.82, 2.24) is 16.0 Å². The lowest BCUT2D eigenvalue weighted by Crippen LogP contribution is -2.35. The maximum Gasteiger partial charge on any atom is 0.471 e. The van der Waals surface area contributed by atoms with Crippen LogP contribution < -0.4 is 16.0 Å². The van der Waals surface area contributed by atoms with Gasteiger partial charge in [0.05, 0.1) is 39.6 Å². The van der Waals surface area contributed by atoms with Gasteiger partial charge in [-0.3, -0.25) is 19.2 Å². The predicted molar refractivity (Wildman–Crippen MR) is 180 cm³/mol. The molecule has 17 nitrogen and oxygen atoms in total. The minimum Gasteiger partial charge on any atom is -0.447 e. The molecule has 0 aromatic rings. The van der Waals surface area contributed by atoms with E-state index in [-0.39, 0.29) is 52.0 Å². The molecule has 0 radical (unpaired) electrons. The number of ether oxygens (including phenoxy) is 7. The summed E-state index contributed by atoms with van der Waals surface area (Å²) in [6, 6.07) is 0. The van der Waals surface area contributed by atoms with Crippen molar-refractivity contribution in [3.8, 4) is 0 Å². The number of phosphoric acid groups is 1. The third-order valence-corrected chi connectivity index (χ3v) is 7.75. The summed E-state index contributed by atoms with van der Waals surface area (Å²) in [6.07, 6.45) is 9.02. The Morgan fingerprint density at radius 3 is 1.80 bits per heavy atom. The number of carbonyl (C=O) groups is 3. The van der Waals surface area contributed by atoms with Gasteiger partial charge in [-0.15, -0.1) is 0 Å². The van der Waals surface area contributed by atoms with Crippen molar-refractivity contribution in [2.45, 2.75) is 83.2 Å². The first-order chi connectivity index (χ1) is 23.7. The van der Waals surface area contributed by atoms with E-state index in [9.17, 15) is 18.9 Å². The molecule has 18 heteroatoms. The SMILES string of the molecule is COCCOCCNC(=O)OCC(COC(=O)NCOCCOC)OCCCC(=O)NCCCCCCCCCCCCOP(=O)(O)OC. The zero-order chi connectivity index (χ0) is 36.3. The summed E-state index contributed by atoms with van der Waals surface area (Å²) in [5.74, 6) is -0.0676. The normalized spacial score (nSPS) is 13.0. The number of carbonyl (C=O) groups excluding carboxylic acids is 3. The molecule has 0 spiro atoms. The van der Waals surface area contributed by atoms with E-state index >= 15 is 0 Å². The van der Waals surface area contributed by atoms with Crippen LogP contribution in [0, 0.1) is 0 Å². The molecule has 0 saturated heterocycles. The molecule has 3 amide bonds. The molecule has 0 aliphatic carbocycles. The van der Waals surface area contributed by atoms with Crippen molar-refractivity contribution in [2.24, 2.45) is 0 Å². The summed E-state index contributed by atoms with van der Waals surface area (Å²) in [5, 5.41) is 7.93. The number of methoxy groups -OCH3 is 2. The number of nitrogens with one attached hydrogen (secondary N) is 3.